The van der Waals surface area contributed by atoms with Crippen molar-refractivity contribution in [1.29, 1.82) is 0 Å². The SMILES string of the molecule is CC#CC(OC[Si](C)(C)C)(c1ccccc1)c1ccccc1. The van der Waals surface area contributed by atoms with Crippen molar-refractivity contribution in [2.45, 2.75) is 32.2 Å². The van der Waals surface area contributed by atoms with Gasteiger partial charge >= 0.3 is 0 Å². The molecule has 0 bridgehead atoms. The molecule has 0 saturated heterocycles. The molecule has 0 aliphatic rings. The van der Waals surface area contributed by atoms with Gasteiger partial charge in [-0.05, 0) is 6.92 Å². The fourth-order valence-electron chi connectivity index (χ4n) is 2.36. The van der Waals surface area contributed by atoms with Crippen LogP contribution in [0.3, 0.4) is 0 Å². The van der Waals surface area contributed by atoms with Crippen molar-refractivity contribution in [3.05, 3.63) is 71.8 Å². The zero-order chi connectivity index (χ0) is 16.1. The lowest BCUT2D eigenvalue weighted by Crippen LogP contribution is -2.37. The third-order valence-electron chi connectivity index (χ3n) is 3.38. The molecule has 0 spiro atoms. The van der Waals surface area contributed by atoms with Gasteiger partial charge in [0.25, 0.3) is 0 Å². The topological polar surface area (TPSA) is 9.23 Å². The molecular weight excluding hydrogens is 284 g/mol. The van der Waals surface area contributed by atoms with Crippen LogP contribution in [0.15, 0.2) is 60.7 Å². The molecule has 0 atom stereocenters. The first-order valence-electron chi connectivity index (χ1n) is 7.67. The minimum atomic E-state index is -1.35. The predicted octanol–water partition coefficient (Wildman–Crippen LogP) is 4.85. The molecule has 22 heavy (non-hydrogen) atoms. The Morgan fingerprint density at radius 1 is 0.864 bits per heavy atom. The number of benzene rings is 2. The Hall–Kier alpha value is -1.82. The van der Waals surface area contributed by atoms with E-state index in [1.54, 1.807) is 0 Å². The Morgan fingerprint density at radius 2 is 1.32 bits per heavy atom. The van der Waals surface area contributed by atoms with Gasteiger partial charge in [0.15, 0.2) is 5.60 Å². The molecule has 2 aromatic carbocycles. The second-order valence-corrected chi connectivity index (χ2v) is 12.0. The lowest BCUT2D eigenvalue weighted by atomic mass is 9.86. The van der Waals surface area contributed by atoms with Crippen molar-refractivity contribution in [2.24, 2.45) is 0 Å². The van der Waals surface area contributed by atoms with E-state index in [1.165, 1.54) is 0 Å². The third-order valence-corrected chi connectivity index (χ3v) is 4.39. The number of rotatable bonds is 5. The zero-order valence-corrected chi connectivity index (χ0v) is 14.9. The Kier molecular flexibility index (Phi) is 5.23. The molecule has 0 N–H and O–H groups in total. The third kappa shape index (κ3) is 3.88. The number of hydrogen-bond donors (Lipinski definition) is 0. The maximum Gasteiger partial charge on any atom is 0.179 e. The first-order chi connectivity index (χ1) is 10.5. The van der Waals surface area contributed by atoms with Gasteiger partial charge in [0.05, 0.1) is 8.07 Å². The van der Waals surface area contributed by atoms with Gasteiger partial charge in [-0.1, -0.05) is 86.2 Å². The lowest BCUT2D eigenvalue weighted by Gasteiger charge is -2.32. The quantitative estimate of drug-likeness (QED) is 0.567. The molecule has 114 valence electrons. The van der Waals surface area contributed by atoms with Gasteiger partial charge in [-0.2, -0.15) is 0 Å². The normalized spacial score (nSPS) is 11.6. The first kappa shape index (κ1) is 16.5. The van der Waals surface area contributed by atoms with E-state index in [4.69, 9.17) is 4.74 Å². The molecule has 0 radical (unpaired) electrons. The summed E-state index contributed by atoms with van der Waals surface area (Å²) in [5.41, 5.74) is 1.50. The van der Waals surface area contributed by atoms with Gasteiger partial charge < -0.3 is 4.74 Å². The molecule has 2 rings (SSSR count). The molecule has 0 aliphatic heterocycles. The van der Waals surface area contributed by atoms with Gasteiger partial charge in [-0.25, -0.2) is 0 Å². The smallest absolute Gasteiger partial charge is 0.179 e. The predicted molar refractivity (Wildman–Crippen MR) is 96.4 cm³/mol. The molecule has 0 saturated carbocycles. The van der Waals surface area contributed by atoms with Gasteiger partial charge in [0, 0.05) is 17.4 Å². The Balaban J connectivity index is 2.57. The zero-order valence-electron chi connectivity index (χ0n) is 13.9. The molecule has 0 heterocycles. The summed E-state index contributed by atoms with van der Waals surface area (Å²) in [6, 6.07) is 20.6. The molecule has 0 amide bonds. The molecule has 0 aliphatic carbocycles. The van der Waals surface area contributed by atoms with Crippen LogP contribution in [0.25, 0.3) is 0 Å². The first-order valence-corrected chi connectivity index (χ1v) is 11.4. The van der Waals surface area contributed by atoms with Gasteiger partial charge in [-0.3, -0.25) is 0 Å². The molecule has 1 nitrogen and oxygen atoms in total. The highest BCUT2D eigenvalue weighted by molar-refractivity contribution is 6.76. The van der Waals surface area contributed by atoms with Crippen molar-refractivity contribution in [2.75, 3.05) is 6.23 Å². The van der Waals surface area contributed by atoms with Crippen LogP contribution < -0.4 is 0 Å². The van der Waals surface area contributed by atoms with Crippen molar-refractivity contribution in [3.8, 4) is 11.8 Å². The molecule has 0 aromatic heterocycles. The highest BCUT2D eigenvalue weighted by Crippen LogP contribution is 2.34. The monoisotopic (exact) mass is 308 g/mol. The summed E-state index contributed by atoms with van der Waals surface area (Å²) in [5, 5.41) is 0. The fourth-order valence-corrected chi connectivity index (χ4v) is 3.01. The van der Waals surface area contributed by atoms with Crippen LogP contribution in [0.1, 0.15) is 18.1 Å². The minimum absolute atomic E-state index is 0.683. The van der Waals surface area contributed by atoms with Crippen molar-refractivity contribution < 1.29 is 4.74 Å². The standard InChI is InChI=1S/C20H24OSi/c1-5-16-20(21-17-22(2,3)4,18-12-8-6-9-13-18)19-14-10-7-11-15-19/h6-15H,17H2,1-4H3. The molecular formula is C20H24OSi. The maximum absolute atomic E-state index is 6.49. The molecule has 0 unspecified atom stereocenters. The van der Waals surface area contributed by atoms with Crippen molar-refractivity contribution >= 4 is 8.07 Å². The highest BCUT2D eigenvalue weighted by atomic mass is 28.3. The average molecular weight is 308 g/mol. The summed E-state index contributed by atoms with van der Waals surface area (Å²) in [6.07, 6.45) is 0.769. The fraction of sp³-hybridized carbons (Fsp3) is 0.300. The van der Waals surface area contributed by atoms with Crippen molar-refractivity contribution in [1.82, 2.24) is 0 Å². The van der Waals surface area contributed by atoms with Crippen LogP contribution in [0.5, 0.6) is 0 Å². The summed E-state index contributed by atoms with van der Waals surface area (Å²) < 4.78 is 6.49. The largest absolute Gasteiger partial charge is 0.357 e. The minimum Gasteiger partial charge on any atom is -0.357 e. The van der Waals surface area contributed by atoms with Crippen LogP contribution >= 0.6 is 0 Å². The Morgan fingerprint density at radius 3 is 1.68 bits per heavy atom. The maximum atomic E-state index is 6.49. The van der Waals surface area contributed by atoms with E-state index in [9.17, 15) is 0 Å². The highest BCUT2D eigenvalue weighted by Gasteiger charge is 2.35. The molecule has 0 fully saturated rings. The van der Waals surface area contributed by atoms with Gasteiger partial charge in [-0.15, -0.1) is 5.92 Å². The Labute approximate surface area is 135 Å². The number of ether oxygens (including phenoxy) is 1. The second kappa shape index (κ2) is 6.96. The summed E-state index contributed by atoms with van der Waals surface area (Å²) in [6.45, 7) is 8.81. The van der Waals surface area contributed by atoms with E-state index < -0.39 is 13.7 Å². The second-order valence-electron chi connectivity index (χ2n) is 6.64. The van der Waals surface area contributed by atoms with E-state index in [-0.39, 0.29) is 0 Å². The summed E-state index contributed by atoms with van der Waals surface area (Å²) in [7, 11) is -1.35. The van der Waals surface area contributed by atoms with Crippen LogP contribution in [0.4, 0.5) is 0 Å². The summed E-state index contributed by atoms with van der Waals surface area (Å²) in [5.74, 6) is 6.43. The van der Waals surface area contributed by atoms with E-state index >= 15 is 0 Å². The van der Waals surface area contributed by atoms with E-state index in [1.807, 2.05) is 43.3 Å². The molecule has 2 aromatic rings. The van der Waals surface area contributed by atoms with Gasteiger partial charge in [0.2, 0.25) is 0 Å². The lowest BCUT2D eigenvalue weighted by molar-refractivity contribution is 0.0546. The van der Waals surface area contributed by atoms with Gasteiger partial charge in [0.1, 0.15) is 0 Å². The Bertz CT molecular complexity index is 605. The average Bonchev–Trinajstić information content (AvgIpc) is 2.52. The van der Waals surface area contributed by atoms with Crippen LogP contribution in [0.2, 0.25) is 19.6 Å². The molecule has 2 heteroatoms. The van der Waals surface area contributed by atoms with Crippen LogP contribution in [0, 0.1) is 11.8 Å². The number of hydrogen-bond acceptors (Lipinski definition) is 1. The van der Waals surface area contributed by atoms with E-state index in [2.05, 4.69) is 55.7 Å². The summed E-state index contributed by atoms with van der Waals surface area (Å²) >= 11 is 0. The van der Waals surface area contributed by atoms with Crippen LogP contribution in [-0.4, -0.2) is 14.3 Å². The van der Waals surface area contributed by atoms with Crippen molar-refractivity contribution in [3.63, 3.8) is 0 Å². The van der Waals surface area contributed by atoms with E-state index in [0.717, 1.165) is 17.4 Å². The van der Waals surface area contributed by atoms with Crippen LogP contribution in [-0.2, 0) is 10.3 Å². The summed E-state index contributed by atoms with van der Waals surface area (Å²) in [4.78, 5) is 0. The van der Waals surface area contributed by atoms with E-state index in [0.29, 0.717) is 0 Å².